The first-order chi connectivity index (χ1) is 9.11. The highest BCUT2D eigenvalue weighted by Gasteiger charge is 2.17. The lowest BCUT2D eigenvalue weighted by Crippen LogP contribution is -2.25. The van der Waals surface area contributed by atoms with E-state index in [2.05, 4.69) is 20.9 Å². The summed E-state index contributed by atoms with van der Waals surface area (Å²) in [4.78, 5) is 18.7. The number of aromatic nitrogens is 1. The summed E-state index contributed by atoms with van der Waals surface area (Å²) in [5, 5.41) is 11.3. The number of hydrogen-bond donors (Lipinski definition) is 1. The number of anilines is 1. The van der Waals surface area contributed by atoms with Gasteiger partial charge in [0, 0.05) is 22.1 Å². The first-order valence-corrected chi connectivity index (χ1v) is 7.45. The molecular formula is C13H13BrN2O2S. The zero-order valence-electron chi connectivity index (χ0n) is 10.3. The number of rotatable bonds is 5. The highest BCUT2D eigenvalue weighted by molar-refractivity contribution is 9.10. The van der Waals surface area contributed by atoms with Gasteiger partial charge in [0.05, 0.1) is 6.54 Å². The maximum absolute atomic E-state index is 11.3. The number of thiophene rings is 1. The van der Waals surface area contributed by atoms with Crippen LogP contribution in [0.1, 0.15) is 22.2 Å². The molecule has 0 spiro atoms. The van der Waals surface area contributed by atoms with Crippen LogP contribution in [0.4, 0.5) is 5.82 Å². The second kappa shape index (κ2) is 6.16. The maximum Gasteiger partial charge on any atom is 0.339 e. The monoisotopic (exact) mass is 340 g/mol. The van der Waals surface area contributed by atoms with Gasteiger partial charge in [0.2, 0.25) is 0 Å². The largest absolute Gasteiger partial charge is 0.478 e. The van der Waals surface area contributed by atoms with Crippen molar-refractivity contribution in [3.63, 3.8) is 0 Å². The average Bonchev–Trinajstić information content (AvgIpc) is 2.89. The maximum atomic E-state index is 11.3. The van der Waals surface area contributed by atoms with E-state index < -0.39 is 5.97 Å². The van der Waals surface area contributed by atoms with E-state index in [1.54, 1.807) is 23.6 Å². The van der Waals surface area contributed by atoms with Gasteiger partial charge >= 0.3 is 5.97 Å². The molecule has 0 fully saturated rings. The van der Waals surface area contributed by atoms with Crippen LogP contribution in [-0.4, -0.2) is 22.6 Å². The van der Waals surface area contributed by atoms with E-state index in [1.807, 2.05) is 29.3 Å². The Balaban J connectivity index is 2.35. The zero-order chi connectivity index (χ0) is 13.8. The smallest absolute Gasteiger partial charge is 0.339 e. The van der Waals surface area contributed by atoms with Crippen LogP contribution < -0.4 is 4.90 Å². The number of pyridine rings is 1. The molecule has 2 aromatic heterocycles. The normalized spacial score (nSPS) is 10.4. The SMILES string of the molecule is CCN(Cc1cccs1)c1ncc(Br)cc1C(=O)O. The number of aromatic carboxylic acids is 1. The third kappa shape index (κ3) is 3.33. The summed E-state index contributed by atoms with van der Waals surface area (Å²) in [7, 11) is 0. The Hall–Kier alpha value is -1.40. The highest BCUT2D eigenvalue weighted by Crippen LogP contribution is 2.24. The van der Waals surface area contributed by atoms with Crippen LogP contribution >= 0.6 is 27.3 Å². The first kappa shape index (κ1) is 14.0. The van der Waals surface area contributed by atoms with E-state index in [4.69, 9.17) is 0 Å². The third-order valence-corrected chi connectivity index (χ3v) is 3.97. The molecule has 100 valence electrons. The van der Waals surface area contributed by atoms with Crippen molar-refractivity contribution in [3.05, 3.63) is 44.7 Å². The molecule has 0 amide bonds. The van der Waals surface area contributed by atoms with E-state index in [-0.39, 0.29) is 5.56 Å². The van der Waals surface area contributed by atoms with Crippen LogP contribution in [0, 0.1) is 0 Å². The Kier molecular flexibility index (Phi) is 4.55. The molecule has 2 aromatic rings. The fourth-order valence-electron chi connectivity index (χ4n) is 1.77. The number of nitrogens with zero attached hydrogens (tertiary/aromatic N) is 2. The summed E-state index contributed by atoms with van der Waals surface area (Å²) in [5.41, 5.74) is 0.216. The number of hydrogen-bond acceptors (Lipinski definition) is 4. The Morgan fingerprint density at radius 3 is 2.95 bits per heavy atom. The molecule has 0 saturated heterocycles. The topological polar surface area (TPSA) is 53.4 Å². The van der Waals surface area contributed by atoms with Gasteiger partial charge in [0.15, 0.2) is 0 Å². The van der Waals surface area contributed by atoms with E-state index in [0.717, 1.165) is 0 Å². The molecule has 6 heteroatoms. The Bertz CT molecular complexity index is 572. The van der Waals surface area contributed by atoms with Crippen molar-refractivity contribution in [1.82, 2.24) is 4.98 Å². The van der Waals surface area contributed by atoms with Crippen LogP contribution in [0.15, 0.2) is 34.2 Å². The second-order valence-electron chi connectivity index (χ2n) is 3.92. The zero-order valence-corrected chi connectivity index (χ0v) is 12.7. The van der Waals surface area contributed by atoms with Gasteiger partial charge in [-0.1, -0.05) is 6.07 Å². The quantitative estimate of drug-likeness (QED) is 0.902. The van der Waals surface area contributed by atoms with Gasteiger partial charge in [-0.05, 0) is 40.4 Å². The van der Waals surface area contributed by atoms with Gasteiger partial charge in [0.1, 0.15) is 11.4 Å². The minimum Gasteiger partial charge on any atom is -0.478 e. The Labute approximate surface area is 123 Å². The molecule has 0 saturated carbocycles. The standard InChI is InChI=1S/C13H13BrN2O2S/c1-2-16(8-10-4-3-5-19-10)12-11(13(17)18)6-9(14)7-15-12/h3-7H,2,8H2,1H3,(H,17,18). The molecule has 0 aliphatic rings. The van der Waals surface area contributed by atoms with Crippen molar-refractivity contribution in [2.45, 2.75) is 13.5 Å². The predicted molar refractivity (Wildman–Crippen MR) is 79.9 cm³/mol. The fourth-order valence-corrected chi connectivity index (χ4v) is 2.82. The minimum atomic E-state index is -0.964. The minimum absolute atomic E-state index is 0.216. The van der Waals surface area contributed by atoms with E-state index in [1.165, 1.54) is 4.88 Å². The van der Waals surface area contributed by atoms with Crippen molar-refractivity contribution in [2.75, 3.05) is 11.4 Å². The third-order valence-electron chi connectivity index (χ3n) is 2.67. The predicted octanol–water partition coefficient (Wildman–Crippen LogP) is 3.63. The van der Waals surface area contributed by atoms with Crippen LogP contribution in [0.2, 0.25) is 0 Å². The molecule has 0 bridgehead atoms. The van der Waals surface area contributed by atoms with Crippen molar-refractivity contribution in [3.8, 4) is 0 Å². The molecule has 0 aliphatic carbocycles. The summed E-state index contributed by atoms with van der Waals surface area (Å²) < 4.78 is 0.667. The molecule has 4 nitrogen and oxygen atoms in total. The van der Waals surface area contributed by atoms with Gasteiger partial charge in [-0.15, -0.1) is 11.3 Å². The molecule has 2 heterocycles. The number of carboxylic acid groups (broad SMARTS) is 1. The Morgan fingerprint density at radius 1 is 1.58 bits per heavy atom. The Morgan fingerprint density at radius 2 is 2.37 bits per heavy atom. The average molecular weight is 341 g/mol. The van der Waals surface area contributed by atoms with Gasteiger partial charge in [-0.25, -0.2) is 9.78 Å². The first-order valence-electron chi connectivity index (χ1n) is 5.78. The number of halogens is 1. The lowest BCUT2D eigenvalue weighted by Gasteiger charge is -2.22. The summed E-state index contributed by atoms with van der Waals surface area (Å²) in [6.07, 6.45) is 1.62. The summed E-state index contributed by atoms with van der Waals surface area (Å²) >= 11 is 4.91. The molecular weight excluding hydrogens is 328 g/mol. The van der Waals surface area contributed by atoms with Gasteiger partial charge < -0.3 is 10.0 Å². The van der Waals surface area contributed by atoms with Gasteiger partial charge in [-0.3, -0.25) is 0 Å². The van der Waals surface area contributed by atoms with Crippen molar-refractivity contribution >= 4 is 39.1 Å². The fraction of sp³-hybridized carbons (Fsp3) is 0.231. The summed E-state index contributed by atoms with van der Waals surface area (Å²) in [6.45, 7) is 3.36. The van der Waals surface area contributed by atoms with Crippen molar-refractivity contribution < 1.29 is 9.90 Å². The lowest BCUT2D eigenvalue weighted by molar-refractivity contribution is 0.0697. The lowest BCUT2D eigenvalue weighted by atomic mass is 10.2. The van der Waals surface area contributed by atoms with Gasteiger partial charge in [-0.2, -0.15) is 0 Å². The van der Waals surface area contributed by atoms with Crippen LogP contribution in [0.3, 0.4) is 0 Å². The molecule has 0 atom stereocenters. The highest BCUT2D eigenvalue weighted by atomic mass is 79.9. The van der Waals surface area contributed by atoms with Crippen molar-refractivity contribution in [2.24, 2.45) is 0 Å². The molecule has 1 N–H and O–H groups in total. The van der Waals surface area contributed by atoms with Crippen LogP contribution in [0.25, 0.3) is 0 Å². The van der Waals surface area contributed by atoms with Gasteiger partial charge in [0.25, 0.3) is 0 Å². The molecule has 0 aromatic carbocycles. The molecule has 0 aliphatic heterocycles. The van der Waals surface area contributed by atoms with Crippen LogP contribution in [0.5, 0.6) is 0 Å². The molecule has 0 unspecified atom stereocenters. The number of carboxylic acids is 1. The van der Waals surface area contributed by atoms with E-state index in [0.29, 0.717) is 23.4 Å². The second-order valence-corrected chi connectivity index (χ2v) is 5.87. The number of carbonyl (C=O) groups is 1. The molecule has 0 radical (unpaired) electrons. The summed E-state index contributed by atoms with van der Waals surface area (Å²) in [6, 6.07) is 5.61. The van der Waals surface area contributed by atoms with E-state index in [9.17, 15) is 9.90 Å². The molecule has 2 rings (SSSR count). The van der Waals surface area contributed by atoms with Crippen LogP contribution in [-0.2, 0) is 6.54 Å². The van der Waals surface area contributed by atoms with E-state index >= 15 is 0 Å². The summed E-state index contributed by atoms with van der Waals surface area (Å²) in [5.74, 6) is -0.458. The van der Waals surface area contributed by atoms with Crippen molar-refractivity contribution in [1.29, 1.82) is 0 Å². The molecule has 19 heavy (non-hydrogen) atoms.